The van der Waals surface area contributed by atoms with Gasteiger partial charge in [-0.25, -0.2) is 14.2 Å². The van der Waals surface area contributed by atoms with E-state index >= 15 is 0 Å². The fourth-order valence-electron chi connectivity index (χ4n) is 4.72. The lowest BCUT2D eigenvalue weighted by Gasteiger charge is -2.24. The minimum atomic E-state index is -0.599. The standard InChI is InChI=1S/C29H34FNO5/c1-4-33-27(29(32)34-5-2)18-21-12-15-26(24-9-7-6-8-23(21)24)35-17-16-25-19(3)36-28(31-25)20-10-13-22(30)14-11-20/h10-15,27H,4-9,16-18H2,1-3H3. The molecule has 1 aromatic heterocycles. The van der Waals surface area contributed by atoms with Crippen LogP contribution in [0.15, 0.2) is 40.8 Å². The van der Waals surface area contributed by atoms with Gasteiger partial charge in [0.2, 0.25) is 5.89 Å². The van der Waals surface area contributed by atoms with Crippen molar-refractivity contribution >= 4 is 5.97 Å². The number of ether oxygens (including phenoxy) is 3. The topological polar surface area (TPSA) is 70.8 Å². The van der Waals surface area contributed by atoms with E-state index in [4.69, 9.17) is 18.6 Å². The van der Waals surface area contributed by atoms with E-state index in [1.807, 2.05) is 19.9 Å². The molecule has 1 aliphatic rings. The molecule has 0 saturated heterocycles. The average Bonchev–Trinajstić information content (AvgIpc) is 3.25. The van der Waals surface area contributed by atoms with Gasteiger partial charge in [-0.05, 0) is 93.5 Å². The third-order valence-corrected chi connectivity index (χ3v) is 6.49. The summed E-state index contributed by atoms with van der Waals surface area (Å²) in [4.78, 5) is 17.0. The van der Waals surface area contributed by atoms with E-state index in [2.05, 4.69) is 11.1 Å². The Balaban J connectivity index is 1.45. The highest BCUT2D eigenvalue weighted by molar-refractivity contribution is 5.75. The number of carbonyl (C=O) groups excluding carboxylic acids is 1. The molecule has 7 heteroatoms. The number of rotatable bonds is 11. The number of esters is 1. The third kappa shape index (κ3) is 6.13. The first kappa shape index (κ1) is 25.9. The molecule has 1 unspecified atom stereocenters. The van der Waals surface area contributed by atoms with Gasteiger partial charge in [-0.15, -0.1) is 0 Å². The molecule has 3 aromatic rings. The molecule has 0 amide bonds. The number of hydrogen-bond donors (Lipinski definition) is 0. The number of hydrogen-bond acceptors (Lipinski definition) is 6. The summed E-state index contributed by atoms with van der Waals surface area (Å²) in [6.45, 7) is 6.83. The summed E-state index contributed by atoms with van der Waals surface area (Å²) in [6.07, 6.45) is 4.65. The molecule has 0 radical (unpaired) electrons. The highest BCUT2D eigenvalue weighted by Gasteiger charge is 2.25. The Morgan fingerprint density at radius 1 is 1.06 bits per heavy atom. The zero-order valence-electron chi connectivity index (χ0n) is 21.3. The van der Waals surface area contributed by atoms with E-state index in [1.165, 1.54) is 23.3 Å². The Hall–Kier alpha value is -3.19. The number of carbonyl (C=O) groups is 1. The summed E-state index contributed by atoms with van der Waals surface area (Å²) in [7, 11) is 0. The van der Waals surface area contributed by atoms with Crippen molar-refractivity contribution in [2.75, 3.05) is 19.8 Å². The summed E-state index contributed by atoms with van der Waals surface area (Å²) >= 11 is 0. The lowest BCUT2D eigenvalue weighted by atomic mass is 9.86. The van der Waals surface area contributed by atoms with Crippen LogP contribution in [0, 0.1) is 12.7 Å². The monoisotopic (exact) mass is 495 g/mol. The molecule has 0 N–H and O–H groups in total. The largest absolute Gasteiger partial charge is 0.493 e. The van der Waals surface area contributed by atoms with Gasteiger partial charge in [0.25, 0.3) is 0 Å². The van der Waals surface area contributed by atoms with Gasteiger partial charge in [-0.2, -0.15) is 0 Å². The van der Waals surface area contributed by atoms with E-state index in [0.717, 1.165) is 54.0 Å². The molecule has 192 valence electrons. The molecule has 1 atom stereocenters. The quantitative estimate of drug-likeness (QED) is 0.313. The summed E-state index contributed by atoms with van der Waals surface area (Å²) in [5, 5.41) is 0. The molecule has 2 aromatic carbocycles. The first-order chi connectivity index (χ1) is 17.5. The second-order valence-corrected chi connectivity index (χ2v) is 8.91. The number of fused-ring (bicyclic) bond motifs is 1. The molecular weight excluding hydrogens is 461 g/mol. The van der Waals surface area contributed by atoms with Gasteiger partial charge in [0, 0.05) is 25.0 Å². The number of oxazole rings is 1. The molecule has 0 spiro atoms. The molecule has 0 bridgehead atoms. The molecule has 0 aliphatic heterocycles. The Morgan fingerprint density at radius 2 is 1.81 bits per heavy atom. The number of halogens is 1. The minimum absolute atomic E-state index is 0.292. The van der Waals surface area contributed by atoms with Crippen LogP contribution >= 0.6 is 0 Å². The minimum Gasteiger partial charge on any atom is -0.493 e. The normalized spacial score (nSPS) is 13.8. The van der Waals surface area contributed by atoms with Crippen LogP contribution in [0.3, 0.4) is 0 Å². The molecule has 0 saturated carbocycles. The van der Waals surface area contributed by atoms with Crippen molar-refractivity contribution in [3.63, 3.8) is 0 Å². The number of aromatic nitrogens is 1. The Kier molecular flexibility index (Phi) is 8.75. The van der Waals surface area contributed by atoms with E-state index < -0.39 is 6.10 Å². The van der Waals surface area contributed by atoms with Crippen LogP contribution in [0.2, 0.25) is 0 Å². The maximum Gasteiger partial charge on any atom is 0.335 e. The van der Waals surface area contributed by atoms with Crippen LogP contribution in [0.1, 0.15) is 54.8 Å². The fraction of sp³-hybridized carbons (Fsp3) is 0.448. The number of benzene rings is 2. The van der Waals surface area contributed by atoms with Crippen LogP contribution in [0.4, 0.5) is 4.39 Å². The molecular formula is C29H34FNO5. The van der Waals surface area contributed by atoms with E-state index in [1.54, 1.807) is 19.1 Å². The second-order valence-electron chi connectivity index (χ2n) is 8.91. The van der Waals surface area contributed by atoms with Crippen LogP contribution in [-0.2, 0) is 40.0 Å². The fourth-order valence-corrected chi connectivity index (χ4v) is 4.72. The summed E-state index contributed by atoms with van der Waals surface area (Å²) in [6, 6.07) is 10.2. The third-order valence-electron chi connectivity index (χ3n) is 6.49. The van der Waals surface area contributed by atoms with Crippen molar-refractivity contribution in [2.24, 2.45) is 0 Å². The molecule has 0 fully saturated rings. The number of nitrogens with zero attached hydrogens (tertiary/aromatic N) is 1. The maximum atomic E-state index is 13.2. The maximum absolute atomic E-state index is 13.2. The first-order valence-electron chi connectivity index (χ1n) is 12.8. The van der Waals surface area contributed by atoms with E-state index in [-0.39, 0.29) is 11.8 Å². The summed E-state index contributed by atoms with van der Waals surface area (Å²) in [5.74, 6) is 1.50. The van der Waals surface area contributed by atoms with Crippen molar-refractivity contribution in [1.82, 2.24) is 4.98 Å². The van der Waals surface area contributed by atoms with Crippen LogP contribution in [0.25, 0.3) is 11.5 Å². The first-order valence-corrected chi connectivity index (χ1v) is 12.8. The molecule has 6 nitrogen and oxygen atoms in total. The number of aryl methyl sites for hydroxylation is 1. The van der Waals surface area contributed by atoms with Gasteiger partial charge in [0.05, 0.1) is 18.9 Å². The van der Waals surface area contributed by atoms with Gasteiger partial charge in [-0.3, -0.25) is 0 Å². The van der Waals surface area contributed by atoms with Gasteiger partial charge in [-0.1, -0.05) is 6.07 Å². The Labute approximate surface area is 211 Å². The Morgan fingerprint density at radius 3 is 2.53 bits per heavy atom. The second kappa shape index (κ2) is 12.2. The zero-order valence-corrected chi connectivity index (χ0v) is 21.3. The highest BCUT2D eigenvalue weighted by atomic mass is 19.1. The SMILES string of the molecule is CCOC(=O)C(Cc1ccc(OCCc2nc(-c3ccc(F)cc3)oc2C)c2c1CCCC2)OCC. The smallest absolute Gasteiger partial charge is 0.335 e. The lowest BCUT2D eigenvalue weighted by molar-refractivity contribution is -0.156. The molecule has 1 aliphatic carbocycles. The summed E-state index contributed by atoms with van der Waals surface area (Å²) < 4.78 is 36.2. The average molecular weight is 496 g/mol. The van der Waals surface area contributed by atoms with Gasteiger partial charge >= 0.3 is 5.97 Å². The van der Waals surface area contributed by atoms with Crippen LogP contribution < -0.4 is 4.74 Å². The van der Waals surface area contributed by atoms with E-state index in [0.29, 0.717) is 38.6 Å². The predicted octanol–water partition coefficient (Wildman–Crippen LogP) is 5.80. The Bertz CT molecular complexity index is 1170. The molecule has 36 heavy (non-hydrogen) atoms. The van der Waals surface area contributed by atoms with Crippen molar-refractivity contribution in [3.05, 3.63) is 70.4 Å². The predicted molar refractivity (Wildman–Crippen MR) is 135 cm³/mol. The van der Waals surface area contributed by atoms with Gasteiger partial charge in [0.15, 0.2) is 6.10 Å². The highest BCUT2D eigenvalue weighted by Crippen LogP contribution is 2.33. The zero-order chi connectivity index (χ0) is 25.5. The molecule has 1 heterocycles. The van der Waals surface area contributed by atoms with Crippen LogP contribution in [-0.4, -0.2) is 36.9 Å². The van der Waals surface area contributed by atoms with Crippen molar-refractivity contribution in [3.8, 4) is 17.2 Å². The van der Waals surface area contributed by atoms with Crippen molar-refractivity contribution < 1.29 is 27.8 Å². The van der Waals surface area contributed by atoms with Crippen LogP contribution in [0.5, 0.6) is 5.75 Å². The summed E-state index contributed by atoms with van der Waals surface area (Å²) in [5.41, 5.74) is 5.18. The molecule has 4 rings (SSSR count). The van der Waals surface area contributed by atoms with Gasteiger partial charge < -0.3 is 18.6 Å². The van der Waals surface area contributed by atoms with Crippen molar-refractivity contribution in [1.29, 1.82) is 0 Å². The van der Waals surface area contributed by atoms with Gasteiger partial charge in [0.1, 0.15) is 17.3 Å². The van der Waals surface area contributed by atoms with Crippen molar-refractivity contribution in [2.45, 2.75) is 65.4 Å². The lowest BCUT2D eigenvalue weighted by Crippen LogP contribution is -2.29. The van der Waals surface area contributed by atoms with E-state index in [9.17, 15) is 9.18 Å².